The van der Waals surface area contributed by atoms with Crippen molar-refractivity contribution in [2.75, 3.05) is 6.61 Å². The number of benzene rings is 2. The Hall–Kier alpha value is -3.00. The standard InChI is InChI=1S/C17H16N2O3/c1-2-21-16-9-12(17(19)20)7-8-15(16)22-11-14-6-4-3-5-13(14)10-18/h3-9H,2,11H2,1H3,(H2,19,20). The van der Waals surface area contributed by atoms with Crippen LogP contribution < -0.4 is 15.2 Å². The summed E-state index contributed by atoms with van der Waals surface area (Å²) >= 11 is 0. The van der Waals surface area contributed by atoms with E-state index < -0.39 is 5.91 Å². The average Bonchev–Trinajstić information content (AvgIpc) is 2.54. The predicted octanol–water partition coefficient (Wildman–Crippen LogP) is 2.63. The number of carbonyl (C=O) groups is 1. The van der Waals surface area contributed by atoms with Gasteiger partial charge in [0.15, 0.2) is 11.5 Å². The summed E-state index contributed by atoms with van der Waals surface area (Å²) in [6.45, 7) is 2.51. The molecule has 0 radical (unpaired) electrons. The van der Waals surface area contributed by atoms with Crippen LogP contribution in [0.1, 0.15) is 28.4 Å². The lowest BCUT2D eigenvalue weighted by molar-refractivity contribution is 0.0999. The Labute approximate surface area is 128 Å². The van der Waals surface area contributed by atoms with Crippen molar-refractivity contribution in [3.8, 4) is 17.6 Å². The third kappa shape index (κ3) is 3.55. The maximum Gasteiger partial charge on any atom is 0.248 e. The van der Waals surface area contributed by atoms with Crippen LogP contribution in [0.25, 0.3) is 0 Å². The van der Waals surface area contributed by atoms with Crippen molar-refractivity contribution in [1.29, 1.82) is 5.26 Å². The van der Waals surface area contributed by atoms with E-state index >= 15 is 0 Å². The van der Waals surface area contributed by atoms with Crippen LogP contribution in [-0.4, -0.2) is 12.5 Å². The number of nitrogens with zero attached hydrogens (tertiary/aromatic N) is 1. The first-order valence-electron chi connectivity index (χ1n) is 6.83. The minimum atomic E-state index is -0.526. The third-order valence-electron chi connectivity index (χ3n) is 3.05. The van der Waals surface area contributed by atoms with E-state index in [0.29, 0.717) is 29.2 Å². The lowest BCUT2D eigenvalue weighted by Gasteiger charge is -2.13. The van der Waals surface area contributed by atoms with E-state index in [-0.39, 0.29) is 6.61 Å². The molecule has 0 atom stereocenters. The molecule has 0 aromatic heterocycles. The Morgan fingerprint density at radius 2 is 1.95 bits per heavy atom. The molecule has 0 spiro atoms. The van der Waals surface area contributed by atoms with E-state index in [0.717, 1.165) is 5.56 Å². The second-order valence-corrected chi connectivity index (χ2v) is 4.52. The number of carbonyl (C=O) groups excluding carboxylic acids is 1. The molecule has 0 heterocycles. The van der Waals surface area contributed by atoms with Crippen LogP contribution >= 0.6 is 0 Å². The van der Waals surface area contributed by atoms with Gasteiger partial charge in [0.25, 0.3) is 0 Å². The molecule has 1 amide bonds. The van der Waals surface area contributed by atoms with E-state index in [9.17, 15) is 4.79 Å². The maximum atomic E-state index is 11.2. The summed E-state index contributed by atoms with van der Waals surface area (Å²) in [7, 11) is 0. The van der Waals surface area contributed by atoms with Crippen LogP contribution in [0.15, 0.2) is 42.5 Å². The Kier molecular flexibility index (Phi) is 4.99. The fraction of sp³-hybridized carbons (Fsp3) is 0.176. The highest BCUT2D eigenvalue weighted by atomic mass is 16.5. The van der Waals surface area contributed by atoms with Gasteiger partial charge in [0, 0.05) is 11.1 Å². The van der Waals surface area contributed by atoms with Crippen molar-refractivity contribution in [1.82, 2.24) is 0 Å². The highest BCUT2D eigenvalue weighted by molar-refractivity contribution is 5.93. The summed E-state index contributed by atoms with van der Waals surface area (Å²) in [6, 6.07) is 14.1. The van der Waals surface area contributed by atoms with Gasteiger partial charge in [-0.05, 0) is 31.2 Å². The number of amides is 1. The number of primary amides is 1. The lowest BCUT2D eigenvalue weighted by Crippen LogP contribution is -2.11. The lowest BCUT2D eigenvalue weighted by atomic mass is 10.1. The summed E-state index contributed by atoms with van der Waals surface area (Å²) in [4.78, 5) is 11.2. The average molecular weight is 296 g/mol. The van der Waals surface area contributed by atoms with Gasteiger partial charge < -0.3 is 15.2 Å². The van der Waals surface area contributed by atoms with Crippen molar-refractivity contribution >= 4 is 5.91 Å². The van der Waals surface area contributed by atoms with Gasteiger partial charge in [-0.25, -0.2) is 0 Å². The van der Waals surface area contributed by atoms with E-state index in [4.69, 9.17) is 20.5 Å². The van der Waals surface area contributed by atoms with Crippen LogP contribution in [0.2, 0.25) is 0 Å². The van der Waals surface area contributed by atoms with E-state index in [1.54, 1.807) is 30.3 Å². The van der Waals surface area contributed by atoms with Crippen molar-refractivity contribution in [3.63, 3.8) is 0 Å². The maximum absolute atomic E-state index is 11.2. The highest BCUT2D eigenvalue weighted by Crippen LogP contribution is 2.29. The fourth-order valence-corrected chi connectivity index (χ4v) is 1.96. The Balaban J connectivity index is 2.22. The quantitative estimate of drug-likeness (QED) is 0.888. The molecule has 5 nitrogen and oxygen atoms in total. The second kappa shape index (κ2) is 7.14. The Morgan fingerprint density at radius 3 is 2.64 bits per heavy atom. The molecular weight excluding hydrogens is 280 g/mol. The molecule has 2 aromatic carbocycles. The number of rotatable bonds is 6. The Bertz CT molecular complexity index is 720. The first-order chi connectivity index (χ1) is 10.7. The molecule has 0 fully saturated rings. The van der Waals surface area contributed by atoms with Crippen LogP contribution in [0.4, 0.5) is 0 Å². The minimum absolute atomic E-state index is 0.236. The van der Waals surface area contributed by atoms with Gasteiger partial charge in [0.05, 0.1) is 18.2 Å². The summed E-state index contributed by atoms with van der Waals surface area (Å²) in [5.74, 6) is 0.426. The first-order valence-corrected chi connectivity index (χ1v) is 6.83. The van der Waals surface area contributed by atoms with E-state index in [1.807, 2.05) is 19.1 Å². The van der Waals surface area contributed by atoms with Gasteiger partial charge in [-0.1, -0.05) is 18.2 Å². The van der Waals surface area contributed by atoms with Crippen molar-refractivity contribution in [2.45, 2.75) is 13.5 Å². The van der Waals surface area contributed by atoms with Gasteiger partial charge >= 0.3 is 0 Å². The van der Waals surface area contributed by atoms with Crippen LogP contribution in [0.5, 0.6) is 11.5 Å². The molecule has 5 heteroatoms. The second-order valence-electron chi connectivity index (χ2n) is 4.52. The molecule has 112 valence electrons. The molecule has 0 saturated carbocycles. The summed E-state index contributed by atoms with van der Waals surface area (Å²) in [5, 5.41) is 9.07. The zero-order chi connectivity index (χ0) is 15.9. The molecule has 0 unspecified atom stereocenters. The van der Waals surface area contributed by atoms with Crippen LogP contribution in [-0.2, 0) is 6.61 Å². The predicted molar refractivity (Wildman–Crippen MR) is 81.6 cm³/mol. The molecule has 0 aliphatic carbocycles. The van der Waals surface area contributed by atoms with Crippen LogP contribution in [0.3, 0.4) is 0 Å². The van der Waals surface area contributed by atoms with Gasteiger partial charge in [0.1, 0.15) is 6.61 Å². The summed E-state index contributed by atoms with van der Waals surface area (Å²) < 4.78 is 11.2. The van der Waals surface area contributed by atoms with Gasteiger partial charge in [-0.3, -0.25) is 4.79 Å². The van der Waals surface area contributed by atoms with Gasteiger partial charge in [0.2, 0.25) is 5.91 Å². The van der Waals surface area contributed by atoms with E-state index in [1.165, 1.54) is 0 Å². The summed E-state index contributed by atoms with van der Waals surface area (Å²) in [6.07, 6.45) is 0. The smallest absolute Gasteiger partial charge is 0.248 e. The van der Waals surface area contributed by atoms with Gasteiger partial charge in [-0.15, -0.1) is 0 Å². The number of hydrogen-bond donors (Lipinski definition) is 1. The molecule has 22 heavy (non-hydrogen) atoms. The number of ether oxygens (including phenoxy) is 2. The van der Waals surface area contributed by atoms with Crippen molar-refractivity contribution < 1.29 is 14.3 Å². The number of hydrogen-bond acceptors (Lipinski definition) is 4. The molecule has 2 aromatic rings. The van der Waals surface area contributed by atoms with Crippen molar-refractivity contribution in [2.24, 2.45) is 5.73 Å². The van der Waals surface area contributed by atoms with Crippen molar-refractivity contribution in [3.05, 3.63) is 59.2 Å². The highest BCUT2D eigenvalue weighted by Gasteiger charge is 2.10. The number of nitrogens with two attached hydrogens (primary N) is 1. The normalized spacial score (nSPS) is 9.82. The molecule has 2 rings (SSSR count). The van der Waals surface area contributed by atoms with E-state index in [2.05, 4.69) is 6.07 Å². The Morgan fingerprint density at radius 1 is 1.18 bits per heavy atom. The summed E-state index contributed by atoms with van der Waals surface area (Å²) in [5.41, 5.74) is 6.96. The SMILES string of the molecule is CCOc1cc(C(N)=O)ccc1OCc1ccccc1C#N. The molecule has 0 bridgehead atoms. The zero-order valence-electron chi connectivity index (χ0n) is 12.2. The molecule has 0 aliphatic rings. The molecule has 0 saturated heterocycles. The number of nitriles is 1. The monoisotopic (exact) mass is 296 g/mol. The fourth-order valence-electron chi connectivity index (χ4n) is 1.96. The topological polar surface area (TPSA) is 85.3 Å². The molecule has 2 N–H and O–H groups in total. The molecular formula is C17H16N2O3. The van der Waals surface area contributed by atoms with Gasteiger partial charge in [-0.2, -0.15) is 5.26 Å². The largest absolute Gasteiger partial charge is 0.490 e. The minimum Gasteiger partial charge on any atom is -0.490 e. The zero-order valence-corrected chi connectivity index (χ0v) is 12.2. The third-order valence-corrected chi connectivity index (χ3v) is 3.05. The first kappa shape index (κ1) is 15.4. The van der Waals surface area contributed by atoms with Crippen LogP contribution in [0, 0.1) is 11.3 Å². The molecule has 0 aliphatic heterocycles.